The van der Waals surface area contributed by atoms with E-state index < -0.39 is 0 Å². The van der Waals surface area contributed by atoms with Crippen LogP contribution < -0.4 is 5.43 Å². The summed E-state index contributed by atoms with van der Waals surface area (Å²) in [7, 11) is 0. The van der Waals surface area contributed by atoms with Crippen molar-refractivity contribution in [3.05, 3.63) is 49.0 Å². The van der Waals surface area contributed by atoms with Crippen LogP contribution in [0.3, 0.4) is 0 Å². The number of phenolic OH excluding ortho intramolecular Hbond substituents is 1. The number of halogens is 2. The van der Waals surface area contributed by atoms with Crippen LogP contribution in [0.1, 0.15) is 10.4 Å². The summed E-state index contributed by atoms with van der Waals surface area (Å²) >= 11 is 8.07. The number of nitrogens with one attached hydrogen (secondary N) is 1. The van der Waals surface area contributed by atoms with Crippen LogP contribution in [0, 0.1) is 0 Å². The molecule has 0 aliphatic heterocycles. The Balaban J connectivity index is 1.98. The smallest absolute Gasteiger partial charge is 0.245 e. The first-order valence-corrected chi connectivity index (χ1v) is 8.05. The minimum atomic E-state index is -0.197. The first-order valence-electron chi connectivity index (χ1n) is 5.58. The number of amides is 1. The Hall–Kier alpha value is -1.18. The summed E-state index contributed by atoms with van der Waals surface area (Å²) < 4.78 is 1.35. The van der Waals surface area contributed by atoms with Crippen LogP contribution in [0.4, 0.5) is 0 Å². The van der Waals surface area contributed by atoms with Crippen molar-refractivity contribution in [1.82, 2.24) is 5.43 Å². The highest BCUT2D eigenvalue weighted by Gasteiger charge is 2.06. The summed E-state index contributed by atoms with van der Waals surface area (Å²) in [4.78, 5) is 12.6. The highest BCUT2D eigenvalue weighted by Crippen LogP contribution is 2.30. The molecule has 20 heavy (non-hydrogen) atoms. The predicted molar refractivity (Wildman–Crippen MR) is 87.3 cm³/mol. The second-order valence-electron chi connectivity index (χ2n) is 3.87. The number of thiophene rings is 1. The third kappa shape index (κ3) is 4.16. The molecule has 0 radical (unpaired) electrons. The van der Waals surface area contributed by atoms with Crippen LogP contribution >= 0.6 is 43.2 Å². The molecule has 0 saturated carbocycles. The van der Waals surface area contributed by atoms with Crippen LogP contribution in [0.15, 0.2) is 43.7 Å². The number of nitrogens with zero attached hydrogens (tertiary/aromatic N) is 1. The number of rotatable bonds is 4. The van der Waals surface area contributed by atoms with Crippen LogP contribution in [0.5, 0.6) is 5.75 Å². The van der Waals surface area contributed by atoms with Gasteiger partial charge in [0.05, 0.1) is 17.1 Å². The average Bonchev–Trinajstić information content (AvgIpc) is 2.87. The molecule has 0 spiro atoms. The van der Waals surface area contributed by atoms with Crippen molar-refractivity contribution >= 4 is 55.3 Å². The Morgan fingerprint density at radius 3 is 2.95 bits per heavy atom. The van der Waals surface area contributed by atoms with Gasteiger partial charge in [-0.3, -0.25) is 4.79 Å². The van der Waals surface area contributed by atoms with Gasteiger partial charge >= 0.3 is 0 Å². The first-order chi connectivity index (χ1) is 9.56. The zero-order chi connectivity index (χ0) is 14.5. The second-order valence-corrected chi connectivity index (χ2v) is 6.68. The third-order valence-electron chi connectivity index (χ3n) is 2.37. The third-order valence-corrected chi connectivity index (χ3v) is 4.30. The Kier molecular flexibility index (Phi) is 5.33. The molecule has 1 amide bonds. The van der Waals surface area contributed by atoms with Crippen molar-refractivity contribution in [3.63, 3.8) is 0 Å². The van der Waals surface area contributed by atoms with E-state index in [1.54, 1.807) is 12.1 Å². The lowest BCUT2D eigenvalue weighted by molar-refractivity contribution is -0.120. The topological polar surface area (TPSA) is 61.7 Å². The van der Waals surface area contributed by atoms with Crippen molar-refractivity contribution in [2.24, 2.45) is 5.10 Å². The summed E-state index contributed by atoms with van der Waals surface area (Å²) in [6.07, 6.45) is 1.69. The highest BCUT2D eigenvalue weighted by atomic mass is 79.9. The lowest BCUT2D eigenvalue weighted by Crippen LogP contribution is -2.19. The van der Waals surface area contributed by atoms with E-state index in [1.807, 2.05) is 17.5 Å². The van der Waals surface area contributed by atoms with E-state index in [0.717, 1.165) is 9.35 Å². The molecule has 1 heterocycles. The normalized spacial score (nSPS) is 10.9. The number of hydrogen-bond donors (Lipinski definition) is 2. The lowest BCUT2D eigenvalue weighted by Gasteiger charge is -2.03. The van der Waals surface area contributed by atoms with Crippen molar-refractivity contribution in [2.45, 2.75) is 6.42 Å². The second kappa shape index (κ2) is 7.01. The van der Waals surface area contributed by atoms with E-state index in [1.165, 1.54) is 17.6 Å². The minimum Gasteiger partial charge on any atom is -0.506 e. The molecule has 2 N–H and O–H groups in total. The predicted octanol–water partition coefficient (Wildman–Crippen LogP) is 3.67. The fraction of sp³-hybridized carbons (Fsp3) is 0.0769. The molecule has 104 valence electrons. The van der Waals surface area contributed by atoms with Gasteiger partial charge in [-0.25, -0.2) is 5.43 Å². The molecule has 0 atom stereocenters. The van der Waals surface area contributed by atoms with Crippen LogP contribution in [-0.4, -0.2) is 17.2 Å². The largest absolute Gasteiger partial charge is 0.506 e. The number of hydrogen-bond acceptors (Lipinski definition) is 4. The molecule has 0 aliphatic carbocycles. The summed E-state index contributed by atoms with van der Waals surface area (Å²) in [5, 5.41) is 15.6. The quantitative estimate of drug-likeness (QED) is 0.588. The van der Waals surface area contributed by atoms with Crippen LogP contribution in [-0.2, 0) is 11.2 Å². The van der Waals surface area contributed by atoms with Gasteiger partial charge < -0.3 is 5.11 Å². The fourth-order valence-electron chi connectivity index (χ4n) is 1.47. The number of carbonyl (C=O) groups excluding carboxylic acids is 1. The van der Waals surface area contributed by atoms with E-state index in [4.69, 9.17) is 0 Å². The van der Waals surface area contributed by atoms with Gasteiger partial charge in [-0.1, -0.05) is 22.0 Å². The maximum atomic E-state index is 11.6. The molecule has 4 nitrogen and oxygen atoms in total. The number of carbonyl (C=O) groups is 1. The fourth-order valence-corrected chi connectivity index (χ4v) is 3.43. The Labute approximate surface area is 136 Å². The van der Waals surface area contributed by atoms with Gasteiger partial charge in [-0.2, -0.15) is 5.10 Å². The number of phenols is 1. The number of aromatic hydroxyl groups is 1. The van der Waals surface area contributed by atoms with Gasteiger partial charge in [0, 0.05) is 14.9 Å². The van der Waals surface area contributed by atoms with Gasteiger partial charge in [0.15, 0.2) is 0 Å². The number of hydrazone groups is 1. The maximum Gasteiger partial charge on any atom is 0.245 e. The molecular formula is C13H10Br2N2O2S. The lowest BCUT2D eigenvalue weighted by atomic mass is 10.2. The first kappa shape index (κ1) is 15.2. The maximum absolute atomic E-state index is 11.6. The Morgan fingerprint density at radius 1 is 1.45 bits per heavy atom. The summed E-state index contributed by atoms with van der Waals surface area (Å²) in [5.41, 5.74) is 2.93. The molecule has 0 bridgehead atoms. The molecule has 1 aromatic carbocycles. The van der Waals surface area contributed by atoms with E-state index in [9.17, 15) is 9.90 Å². The molecule has 2 aromatic rings. The van der Waals surface area contributed by atoms with E-state index in [2.05, 4.69) is 42.4 Å². The van der Waals surface area contributed by atoms with Gasteiger partial charge in [-0.15, -0.1) is 11.3 Å². The van der Waals surface area contributed by atoms with Crippen LogP contribution in [0.25, 0.3) is 0 Å². The Bertz CT molecular complexity index is 642. The van der Waals surface area contributed by atoms with E-state index in [-0.39, 0.29) is 11.7 Å². The van der Waals surface area contributed by atoms with Crippen molar-refractivity contribution in [2.75, 3.05) is 0 Å². The van der Waals surface area contributed by atoms with E-state index in [0.29, 0.717) is 16.5 Å². The minimum absolute atomic E-state index is 0.0736. The van der Waals surface area contributed by atoms with Crippen LogP contribution in [0.2, 0.25) is 0 Å². The summed E-state index contributed by atoms with van der Waals surface area (Å²) in [6.45, 7) is 0. The Morgan fingerprint density at radius 2 is 2.25 bits per heavy atom. The number of benzene rings is 1. The zero-order valence-electron chi connectivity index (χ0n) is 10.1. The average molecular weight is 418 g/mol. The SMILES string of the molecule is O=C(Cc1cccs1)N/N=C/c1cc(Br)cc(Br)c1O. The molecule has 0 aliphatic rings. The summed E-state index contributed by atoms with van der Waals surface area (Å²) in [6, 6.07) is 7.22. The molecule has 7 heteroatoms. The zero-order valence-corrected chi connectivity index (χ0v) is 14.1. The monoisotopic (exact) mass is 416 g/mol. The standard InChI is InChI=1S/C13H10Br2N2O2S/c14-9-4-8(13(19)11(15)5-9)7-16-17-12(18)6-10-2-1-3-20-10/h1-5,7,19H,6H2,(H,17,18)/b16-7+. The van der Waals surface area contributed by atoms with Crippen molar-refractivity contribution < 1.29 is 9.90 Å². The molecular weight excluding hydrogens is 408 g/mol. The summed E-state index contributed by atoms with van der Waals surface area (Å²) in [5.74, 6) is -0.123. The van der Waals surface area contributed by atoms with Crippen molar-refractivity contribution in [1.29, 1.82) is 0 Å². The van der Waals surface area contributed by atoms with Gasteiger partial charge in [0.1, 0.15) is 5.75 Å². The molecule has 0 saturated heterocycles. The highest BCUT2D eigenvalue weighted by molar-refractivity contribution is 9.11. The van der Waals surface area contributed by atoms with Gasteiger partial charge in [0.25, 0.3) is 0 Å². The molecule has 0 unspecified atom stereocenters. The van der Waals surface area contributed by atoms with Gasteiger partial charge in [0.2, 0.25) is 5.91 Å². The van der Waals surface area contributed by atoms with E-state index >= 15 is 0 Å². The van der Waals surface area contributed by atoms with Crippen molar-refractivity contribution in [3.8, 4) is 5.75 Å². The molecule has 0 fully saturated rings. The van der Waals surface area contributed by atoms with Gasteiger partial charge in [-0.05, 0) is 39.5 Å². The molecule has 1 aromatic heterocycles. The molecule has 2 rings (SSSR count).